The predicted molar refractivity (Wildman–Crippen MR) is 131 cm³/mol. The Labute approximate surface area is 212 Å². The van der Waals surface area contributed by atoms with Gasteiger partial charge in [0.15, 0.2) is 5.69 Å². The molecule has 0 aliphatic heterocycles. The number of halogens is 2. The third-order valence-corrected chi connectivity index (χ3v) is 6.72. The van der Waals surface area contributed by atoms with Crippen LogP contribution in [0.25, 0.3) is 10.9 Å². The number of nitrogens with two attached hydrogens (primary N) is 1. The van der Waals surface area contributed by atoms with Crippen LogP contribution < -0.4 is 11.1 Å². The van der Waals surface area contributed by atoms with Gasteiger partial charge in [0.1, 0.15) is 12.4 Å². The number of amides is 3. The Kier molecular flexibility index (Phi) is 7.85. The molecule has 2 aromatic carbocycles. The normalized spacial score (nSPS) is 17.6. The van der Waals surface area contributed by atoms with Crippen LogP contribution in [-0.4, -0.2) is 56.2 Å². The Morgan fingerprint density at radius 2 is 1.86 bits per heavy atom. The lowest BCUT2D eigenvalue weighted by Crippen LogP contribution is -2.49. The minimum absolute atomic E-state index is 0.0407. The first-order valence-corrected chi connectivity index (χ1v) is 12.0. The van der Waals surface area contributed by atoms with E-state index in [2.05, 4.69) is 10.4 Å². The number of carbonyl (C=O) groups is 3. The monoisotopic (exact) mass is 515 g/mol. The maximum atomic E-state index is 14.2. The second-order valence-electron chi connectivity index (χ2n) is 8.86. The lowest BCUT2D eigenvalue weighted by atomic mass is 9.92. The van der Waals surface area contributed by atoms with Gasteiger partial charge in [0.25, 0.3) is 5.91 Å². The van der Waals surface area contributed by atoms with E-state index < -0.39 is 23.7 Å². The molecule has 0 bridgehead atoms. The number of benzene rings is 2. The van der Waals surface area contributed by atoms with Crippen molar-refractivity contribution in [2.45, 2.75) is 50.9 Å². The molecule has 3 amide bonds. The number of carbonyl (C=O) groups excluding carboxylic acids is 3. The average Bonchev–Trinajstić information content (AvgIpc) is 3.23. The molecule has 3 aromatic rings. The predicted octanol–water partition coefficient (Wildman–Crippen LogP) is 2.38. The number of hydrogen-bond donors (Lipinski definition) is 3. The van der Waals surface area contributed by atoms with E-state index >= 15 is 0 Å². The Morgan fingerprint density at radius 1 is 1.14 bits per heavy atom. The van der Waals surface area contributed by atoms with Gasteiger partial charge in [-0.2, -0.15) is 5.10 Å². The van der Waals surface area contributed by atoms with Crippen LogP contribution in [0.1, 0.15) is 41.7 Å². The minimum Gasteiger partial charge on any atom is -0.393 e. The number of nitrogens with zero attached hydrogens (tertiary/aromatic N) is 3. The summed E-state index contributed by atoms with van der Waals surface area (Å²) in [6.45, 7) is -0.533. The first-order valence-electron chi connectivity index (χ1n) is 11.7. The number of para-hydroxylation sites is 1. The number of fused-ring (bicyclic) bond motifs is 1. The maximum absolute atomic E-state index is 14.2. The summed E-state index contributed by atoms with van der Waals surface area (Å²) in [5.74, 6) is -2.14. The number of aliphatic hydroxyl groups is 1. The van der Waals surface area contributed by atoms with Gasteiger partial charge in [-0.1, -0.05) is 41.9 Å². The van der Waals surface area contributed by atoms with Crippen molar-refractivity contribution in [1.29, 1.82) is 0 Å². The van der Waals surface area contributed by atoms with Gasteiger partial charge >= 0.3 is 0 Å². The van der Waals surface area contributed by atoms with Gasteiger partial charge in [-0.3, -0.25) is 19.1 Å². The molecule has 11 heteroatoms. The lowest BCUT2D eigenvalue weighted by Gasteiger charge is -2.35. The molecule has 1 saturated carbocycles. The second-order valence-corrected chi connectivity index (χ2v) is 9.27. The summed E-state index contributed by atoms with van der Waals surface area (Å²) in [4.78, 5) is 39.6. The van der Waals surface area contributed by atoms with Crippen LogP contribution in [0, 0.1) is 5.82 Å². The molecule has 4 N–H and O–H groups in total. The average molecular weight is 516 g/mol. The smallest absolute Gasteiger partial charge is 0.269 e. The lowest BCUT2D eigenvalue weighted by molar-refractivity contribution is -0.140. The molecule has 0 radical (unpaired) electrons. The Bertz CT molecular complexity index is 1290. The highest BCUT2D eigenvalue weighted by atomic mass is 35.5. The third kappa shape index (κ3) is 5.66. The number of primary amides is 1. The zero-order valence-electron chi connectivity index (χ0n) is 19.5. The van der Waals surface area contributed by atoms with Gasteiger partial charge in [-0.05, 0) is 37.8 Å². The molecular weight excluding hydrogens is 489 g/mol. The van der Waals surface area contributed by atoms with E-state index in [1.54, 1.807) is 30.3 Å². The van der Waals surface area contributed by atoms with Crippen molar-refractivity contribution in [2.75, 3.05) is 6.54 Å². The van der Waals surface area contributed by atoms with Gasteiger partial charge in [0, 0.05) is 23.5 Å². The zero-order chi connectivity index (χ0) is 25.8. The maximum Gasteiger partial charge on any atom is 0.269 e. The molecule has 9 nitrogen and oxygen atoms in total. The Morgan fingerprint density at radius 3 is 2.58 bits per heavy atom. The van der Waals surface area contributed by atoms with Crippen LogP contribution in [-0.2, 0) is 22.7 Å². The van der Waals surface area contributed by atoms with Gasteiger partial charge in [-0.25, -0.2) is 4.39 Å². The fraction of sp³-hybridized carbons (Fsp3) is 0.360. The van der Waals surface area contributed by atoms with Crippen LogP contribution in [0.15, 0.2) is 42.5 Å². The Hall–Kier alpha value is -3.50. The van der Waals surface area contributed by atoms with Crippen molar-refractivity contribution in [3.8, 4) is 0 Å². The summed E-state index contributed by atoms with van der Waals surface area (Å²) in [5.41, 5.74) is 6.32. The van der Waals surface area contributed by atoms with E-state index in [-0.39, 0.29) is 47.9 Å². The SMILES string of the molecule is NC(=O)c1nn(CC(=O)N(CC(=O)NCc2cccc(Cl)c2F)[C@H]2CC[C@H](O)CC2)c2ccccc12. The van der Waals surface area contributed by atoms with Crippen molar-refractivity contribution in [3.63, 3.8) is 0 Å². The third-order valence-electron chi connectivity index (χ3n) is 6.43. The van der Waals surface area contributed by atoms with Gasteiger partial charge in [-0.15, -0.1) is 0 Å². The van der Waals surface area contributed by atoms with Crippen LogP contribution >= 0.6 is 11.6 Å². The standard InChI is InChI=1S/C25H27ClFN5O4/c26-19-6-3-4-15(23(19)27)12-29-21(34)13-31(16-8-10-17(33)11-9-16)22(35)14-32-20-7-2-1-5-18(20)24(30-32)25(28)36/h1-7,16-17,33H,8-14H2,(H2,28,36)(H,29,34)/t16-,17-. The molecule has 0 saturated heterocycles. The summed E-state index contributed by atoms with van der Waals surface area (Å²) in [7, 11) is 0. The van der Waals surface area contributed by atoms with Gasteiger partial charge in [0.05, 0.1) is 23.2 Å². The molecule has 0 unspecified atom stereocenters. The van der Waals surface area contributed by atoms with Crippen molar-refractivity contribution in [2.24, 2.45) is 5.73 Å². The van der Waals surface area contributed by atoms with Crippen molar-refractivity contribution >= 4 is 40.2 Å². The summed E-state index contributed by atoms with van der Waals surface area (Å²) < 4.78 is 15.6. The summed E-state index contributed by atoms with van der Waals surface area (Å²) in [6, 6.07) is 11.2. The topological polar surface area (TPSA) is 131 Å². The molecule has 0 spiro atoms. The molecular formula is C25H27ClFN5O4. The summed E-state index contributed by atoms with van der Waals surface area (Å²) >= 11 is 5.81. The fourth-order valence-corrected chi connectivity index (χ4v) is 4.72. The van der Waals surface area contributed by atoms with Crippen molar-refractivity contribution in [1.82, 2.24) is 20.0 Å². The number of rotatable bonds is 8. The highest BCUT2D eigenvalue weighted by molar-refractivity contribution is 6.30. The largest absolute Gasteiger partial charge is 0.393 e. The molecule has 0 atom stereocenters. The fourth-order valence-electron chi connectivity index (χ4n) is 4.53. The molecule has 4 rings (SSSR count). The second kappa shape index (κ2) is 11.0. The molecule has 1 fully saturated rings. The number of aromatic nitrogens is 2. The van der Waals surface area contributed by atoms with E-state index in [1.807, 2.05) is 0 Å². The van der Waals surface area contributed by atoms with Crippen LogP contribution in [0.4, 0.5) is 4.39 Å². The van der Waals surface area contributed by atoms with Gasteiger partial charge < -0.3 is 21.1 Å². The van der Waals surface area contributed by atoms with Crippen molar-refractivity contribution in [3.05, 3.63) is 64.6 Å². The quantitative estimate of drug-likeness (QED) is 0.424. The first kappa shape index (κ1) is 25.6. The van der Waals surface area contributed by atoms with E-state index in [0.717, 1.165) is 0 Å². The highest BCUT2D eigenvalue weighted by Gasteiger charge is 2.30. The molecule has 1 aliphatic rings. The number of aliphatic hydroxyl groups excluding tert-OH is 1. The van der Waals surface area contributed by atoms with E-state index in [0.29, 0.717) is 36.6 Å². The van der Waals surface area contributed by atoms with Crippen molar-refractivity contribution < 1.29 is 23.9 Å². The van der Waals surface area contributed by atoms with Gasteiger partial charge in [0.2, 0.25) is 11.8 Å². The number of nitrogens with one attached hydrogen (secondary N) is 1. The number of hydrogen-bond acceptors (Lipinski definition) is 5. The van der Waals surface area contributed by atoms with Crippen LogP contribution in [0.5, 0.6) is 0 Å². The first-order chi connectivity index (χ1) is 17.2. The van der Waals surface area contributed by atoms with E-state index in [1.165, 1.54) is 21.7 Å². The molecule has 1 aromatic heterocycles. The van der Waals surface area contributed by atoms with Crippen LogP contribution in [0.3, 0.4) is 0 Å². The molecule has 36 heavy (non-hydrogen) atoms. The highest BCUT2D eigenvalue weighted by Crippen LogP contribution is 2.24. The molecule has 190 valence electrons. The van der Waals surface area contributed by atoms with E-state index in [4.69, 9.17) is 17.3 Å². The van der Waals surface area contributed by atoms with E-state index in [9.17, 15) is 23.9 Å². The minimum atomic E-state index is -0.705. The molecule has 1 aliphatic carbocycles. The summed E-state index contributed by atoms with van der Waals surface area (Å²) in [5, 5.41) is 17.3. The summed E-state index contributed by atoms with van der Waals surface area (Å²) in [6.07, 6.45) is 1.66. The Balaban J connectivity index is 1.52. The van der Waals surface area contributed by atoms with Crippen LogP contribution in [0.2, 0.25) is 5.02 Å². The molecule has 1 heterocycles. The zero-order valence-corrected chi connectivity index (χ0v) is 20.2.